The fraction of sp³-hybridized carbons (Fsp3) is 0.615. The lowest BCUT2D eigenvalue weighted by molar-refractivity contribution is 0.637. The summed E-state index contributed by atoms with van der Waals surface area (Å²) in [4.78, 5) is 4.52. The van der Waals surface area contributed by atoms with Crippen LogP contribution in [0.15, 0.2) is 12.1 Å². The Morgan fingerprint density at radius 2 is 2.18 bits per heavy atom. The minimum Gasteiger partial charge on any atom is -0.370 e. The largest absolute Gasteiger partial charge is 0.370 e. The van der Waals surface area contributed by atoms with Gasteiger partial charge >= 0.3 is 0 Å². The van der Waals surface area contributed by atoms with Crippen LogP contribution in [0.25, 0.3) is 0 Å². The van der Waals surface area contributed by atoms with Gasteiger partial charge in [0.2, 0.25) is 0 Å². The molecule has 4 heteroatoms. The number of nitrogens with zero attached hydrogens (tertiary/aromatic N) is 1. The molecule has 96 valence electrons. The van der Waals surface area contributed by atoms with Crippen LogP contribution in [0, 0.1) is 5.92 Å². The lowest BCUT2D eigenvalue weighted by Gasteiger charge is -2.10. The minimum absolute atomic E-state index is 0.760. The third-order valence-electron chi connectivity index (χ3n) is 2.61. The molecular weight excluding hydrogens is 252 g/mol. The first-order valence-corrected chi connectivity index (χ1v) is 7.67. The highest BCUT2D eigenvalue weighted by Gasteiger charge is 2.05. The van der Waals surface area contributed by atoms with E-state index in [2.05, 4.69) is 31.1 Å². The predicted molar refractivity (Wildman–Crippen MR) is 79.0 cm³/mol. The van der Waals surface area contributed by atoms with Crippen molar-refractivity contribution in [1.29, 1.82) is 0 Å². The average molecular weight is 273 g/mol. The molecule has 1 unspecified atom stereocenters. The molecule has 1 aromatic rings. The zero-order valence-corrected chi connectivity index (χ0v) is 12.4. The molecule has 0 aliphatic carbocycles. The lowest BCUT2D eigenvalue weighted by atomic mass is 10.2. The van der Waals surface area contributed by atoms with Crippen LogP contribution < -0.4 is 5.32 Å². The van der Waals surface area contributed by atoms with Gasteiger partial charge in [0.1, 0.15) is 5.82 Å². The summed E-state index contributed by atoms with van der Waals surface area (Å²) < 4.78 is 0. The number of thioether (sulfide) groups is 1. The van der Waals surface area contributed by atoms with Gasteiger partial charge in [0.15, 0.2) is 0 Å². The fourth-order valence-electron chi connectivity index (χ4n) is 1.34. The number of hydrogen-bond donors (Lipinski definition) is 1. The van der Waals surface area contributed by atoms with Gasteiger partial charge in [-0.25, -0.2) is 4.98 Å². The highest BCUT2D eigenvalue weighted by atomic mass is 35.5. The maximum absolute atomic E-state index is 6.14. The van der Waals surface area contributed by atoms with Crippen LogP contribution in [-0.2, 0) is 5.75 Å². The number of pyridine rings is 1. The molecule has 1 aromatic heterocycles. The molecule has 0 aliphatic heterocycles. The Kier molecular flexibility index (Phi) is 6.75. The van der Waals surface area contributed by atoms with Gasteiger partial charge in [0.25, 0.3) is 0 Å². The van der Waals surface area contributed by atoms with Crippen molar-refractivity contribution in [2.75, 3.05) is 17.6 Å². The molecule has 0 amide bonds. The van der Waals surface area contributed by atoms with Gasteiger partial charge in [-0.2, -0.15) is 11.8 Å². The van der Waals surface area contributed by atoms with Crippen molar-refractivity contribution in [2.45, 2.75) is 32.9 Å². The summed E-state index contributed by atoms with van der Waals surface area (Å²) in [5.41, 5.74) is 0.985. The third kappa shape index (κ3) is 5.17. The first kappa shape index (κ1) is 14.7. The van der Waals surface area contributed by atoms with E-state index >= 15 is 0 Å². The first-order valence-electron chi connectivity index (χ1n) is 6.14. The van der Waals surface area contributed by atoms with Crippen molar-refractivity contribution in [3.8, 4) is 0 Å². The maximum Gasteiger partial charge on any atom is 0.126 e. The number of aromatic nitrogens is 1. The molecule has 0 spiro atoms. The SMILES string of the molecule is CCNc1ccc(Cl)c(CSCC(C)CC)n1. The van der Waals surface area contributed by atoms with E-state index < -0.39 is 0 Å². The summed E-state index contributed by atoms with van der Waals surface area (Å²) in [7, 11) is 0. The molecule has 0 aliphatic rings. The topological polar surface area (TPSA) is 24.9 Å². The Morgan fingerprint density at radius 3 is 2.82 bits per heavy atom. The molecule has 1 atom stereocenters. The van der Waals surface area contributed by atoms with Crippen molar-refractivity contribution in [1.82, 2.24) is 4.98 Å². The van der Waals surface area contributed by atoms with Gasteiger partial charge in [-0.15, -0.1) is 0 Å². The van der Waals surface area contributed by atoms with E-state index in [4.69, 9.17) is 11.6 Å². The smallest absolute Gasteiger partial charge is 0.126 e. The van der Waals surface area contributed by atoms with Gasteiger partial charge in [-0.05, 0) is 30.7 Å². The molecule has 0 radical (unpaired) electrons. The Morgan fingerprint density at radius 1 is 1.41 bits per heavy atom. The number of nitrogens with one attached hydrogen (secondary N) is 1. The molecule has 1 rings (SSSR count). The standard InChI is InChI=1S/C13H21ClN2S/c1-4-10(3)8-17-9-12-11(14)6-7-13(16-12)15-5-2/h6-7,10H,4-5,8-9H2,1-3H3,(H,15,16). The first-order chi connectivity index (χ1) is 8.17. The van der Waals surface area contributed by atoms with Crippen LogP contribution >= 0.6 is 23.4 Å². The summed E-state index contributed by atoms with van der Waals surface area (Å²) in [6.07, 6.45) is 1.23. The number of anilines is 1. The van der Waals surface area contributed by atoms with Gasteiger partial charge in [0, 0.05) is 12.3 Å². The Bertz CT molecular complexity index is 344. The quantitative estimate of drug-likeness (QED) is 0.794. The second-order valence-electron chi connectivity index (χ2n) is 4.18. The molecule has 1 heterocycles. The molecule has 2 nitrogen and oxygen atoms in total. The van der Waals surface area contributed by atoms with E-state index in [1.165, 1.54) is 12.2 Å². The lowest BCUT2D eigenvalue weighted by Crippen LogP contribution is -2.02. The number of rotatable bonds is 7. The number of halogens is 1. The predicted octanol–water partition coefficient (Wildman–Crippen LogP) is 4.45. The van der Waals surface area contributed by atoms with Crippen LogP contribution in [-0.4, -0.2) is 17.3 Å². The Labute approximate surface area is 114 Å². The minimum atomic E-state index is 0.760. The van der Waals surface area contributed by atoms with Crippen molar-refractivity contribution in [3.63, 3.8) is 0 Å². The number of hydrogen-bond acceptors (Lipinski definition) is 3. The normalized spacial score (nSPS) is 12.5. The Balaban J connectivity index is 2.54. The van der Waals surface area contributed by atoms with Gasteiger partial charge < -0.3 is 5.32 Å². The average Bonchev–Trinajstić information content (AvgIpc) is 2.33. The monoisotopic (exact) mass is 272 g/mol. The fourth-order valence-corrected chi connectivity index (χ4v) is 2.76. The molecule has 0 fully saturated rings. The second-order valence-corrected chi connectivity index (χ2v) is 5.62. The van der Waals surface area contributed by atoms with E-state index in [1.807, 2.05) is 23.9 Å². The molecular formula is C13H21ClN2S. The molecule has 1 N–H and O–H groups in total. The van der Waals surface area contributed by atoms with Crippen molar-refractivity contribution in [2.24, 2.45) is 5.92 Å². The van der Waals surface area contributed by atoms with E-state index in [9.17, 15) is 0 Å². The van der Waals surface area contributed by atoms with Crippen molar-refractivity contribution in [3.05, 3.63) is 22.8 Å². The maximum atomic E-state index is 6.14. The summed E-state index contributed by atoms with van der Waals surface area (Å²) in [5, 5.41) is 3.97. The summed E-state index contributed by atoms with van der Waals surface area (Å²) in [6.45, 7) is 7.45. The van der Waals surface area contributed by atoms with Crippen LogP contribution in [0.2, 0.25) is 5.02 Å². The third-order valence-corrected chi connectivity index (χ3v) is 4.24. The van der Waals surface area contributed by atoms with Crippen molar-refractivity contribution >= 4 is 29.2 Å². The van der Waals surface area contributed by atoms with Crippen LogP contribution in [0.5, 0.6) is 0 Å². The van der Waals surface area contributed by atoms with Crippen molar-refractivity contribution < 1.29 is 0 Å². The molecule has 0 aromatic carbocycles. The Hall–Kier alpha value is -0.410. The van der Waals surface area contributed by atoms with Crippen LogP contribution in [0.4, 0.5) is 5.82 Å². The molecule has 0 saturated heterocycles. The highest BCUT2D eigenvalue weighted by molar-refractivity contribution is 7.98. The van der Waals surface area contributed by atoms with Gasteiger partial charge in [0.05, 0.1) is 10.7 Å². The molecule has 17 heavy (non-hydrogen) atoms. The zero-order chi connectivity index (χ0) is 12.7. The van der Waals surface area contributed by atoms with E-state index in [1.54, 1.807) is 0 Å². The van der Waals surface area contributed by atoms with Crippen LogP contribution in [0.3, 0.4) is 0 Å². The van der Waals surface area contributed by atoms with E-state index in [0.717, 1.165) is 34.7 Å². The van der Waals surface area contributed by atoms with E-state index in [-0.39, 0.29) is 0 Å². The molecule has 0 saturated carbocycles. The summed E-state index contributed by atoms with van der Waals surface area (Å²) in [5.74, 6) is 3.73. The molecule has 0 bridgehead atoms. The van der Waals surface area contributed by atoms with Gasteiger partial charge in [-0.1, -0.05) is 31.9 Å². The summed E-state index contributed by atoms with van der Waals surface area (Å²) in [6, 6.07) is 3.85. The van der Waals surface area contributed by atoms with Crippen LogP contribution in [0.1, 0.15) is 32.9 Å². The second kappa shape index (κ2) is 7.83. The van der Waals surface area contributed by atoms with Gasteiger partial charge in [-0.3, -0.25) is 0 Å². The zero-order valence-electron chi connectivity index (χ0n) is 10.8. The van der Waals surface area contributed by atoms with E-state index in [0.29, 0.717) is 0 Å². The highest BCUT2D eigenvalue weighted by Crippen LogP contribution is 2.23. The summed E-state index contributed by atoms with van der Waals surface area (Å²) >= 11 is 8.05.